The molecule has 0 amide bonds. The quantitative estimate of drug-likeness (QED) is 0.212. The van der Waals surface area contributed by atoms with Crippen LogP contribution in [0.25, 0.3) is 0 Å². The minimum atomic E-state index is -0.132. The van der Waals surface area contributed by atoms with Crippen molar-refractivity contribution in [3.8, 4) is 5.88 Å². The fraction of sp³-hybridized carbons (Fsp3) is 0.739. The molecule has 1 heterocycles. The third-order valence-corrected chi connectivity index (χ3v) is 5.91. The van der Waals surface area contributed by atoms with Crippen LogP contribution in [-0.2, 0) is 9.53 Å². The van der Waals surface area contributed by atoms with Gasteiger partial charge >= 0.3 is 5.97 Å². The highest BCUT2D eigenvalue weighted by Crippen LogP contribution is 2.29. The molecular formula is C23H39NO4S. The van der Waals surface area contributed by atoms with Gasteiger partial charge in [-0.1, -0.05) is 33.1 Å². The van der Waals surface area contributed by atoms with Crippen LogP contribution in [0.15, 0.2) is 17.0 Å². The van der Waals surface area contributed by atoms with Crippen LogP contribution in [-0.4, -0.2) is 41.1 Å². The zero-order valence-electron chi connectivity index (χ0n) is 18.6. The van der Waals surface area contributed by atoms with Gasteiger partial charge in [0.2, 0.25) is 5.88 Å². The van der Waals surface area contributed by atoms with E-state index in [-0.39, 0.29) is 18.7 Å². The van der Waals surface area contributed by atoms with Gasteiger partial charge in [0.15, 0.2) is 0 Å². The number of thioether (sulfide) groups is 1. The molecule has 1 N–H and O–H groups in total. The first-order valence-electron chi connectivity index (χ1n) is 11.0. The molecule has 0 fully saturated rings. The monoisotopic (exact) mass is 425 g/mol. The number of rotatable bonds is 16. The van der Waals surface area contributed by atoms with Crippen LogP contribution in [0.4, 0.5) is 0 Å². The number of hydrogen-bond donors (Lipinski definition) is 1. The standard InChI is InChI=1S/C23H39NO4S/c1-5-7-11-20(6-2)17-27-22(26)14-16-29-21-13-12-18(3)24-23(21)28-19(4)10-8-9-15-25/h12-13,19-20,25H,5-11,14-17H2,1-4H3/t19-,20-/m1/s1. The van der Waals surface area contributed by atoms with E-state index >= 15 is 0 Å². The number of unbranched alkanes of at least 4 members (excludes halogenated alkanes) is 2. The molecule has 5 nitrogen and oxygen atoms in total. The number of carbonyl (C=O) groups is 1. The summed E-state index contributed by atoms with van der Waals surface area (Å²) in [7, 11) is 0. The lowest BCUT2D eigenvalue weighted by Gasteiger charge is -2.17. The maximum atomic E-state index is 12.1. The smallest absolute Gasteiger partial charge is 0.306 e. The van der Waals surface area contributed by atoms with Crippen LogP contribution >= 0.6 is 11.8 Å². The van der Waals surface area contributed by atoms with Crippen molar-refractivity contribution >= 4 is 17.7 Å². The summed E-state index contributed by atoms with van der Waals surface area (Å²) in [5.74, 6) is 1.61. The second-order valence-electron chi connectivity index (χ2n) is 7.60. The van der Waals surface area contributed by atoms with Crippen LogP contribution in [0.2, 0.25) is 0 Å². The Bertz CT molecular complexity index is 582. The van der Waals surface area contributed by atoms with E-state index in [4.69, 9.17) is 14.6 Å². The van der Waals surface area contributed by atoms with Crippen molar-refractivity contribution in [3.63, 3.8) is 0 Å². The molecule has 6 heteroatoms. The van der Waals surface area contributed by atoms with Gasteiger partial charge < -0.3 is 14.6 Å². The van der Waals surface area contributed by atoms with E-state index in [1.807, 2.05) is 26.0 Å². The summed E-state index contributed by atoms with van der Waals surface area (Å²) < 4.78 is 11.5. The molecule has 0 saturated heterocycles. The summed E-state index contributed by atoms with van der Waals surface area (Å²) in [5.41, 5.74) is 0.906. The summed E-state index contributed by atoms with van der Waals surface area (Å²) in [6.07, 6.45) is 7.55. The Balaban J connectivity index is 2.45. The number of aliphatic hydroxyl groups is 1. The first kappa shape index (κ1) is 25.8. The molecule has 0 aliphatic heterocycles. The molecule has 0 spiro atoms. The van der Waals surface area contributed by atoms with Crippen LogP contribution < -0.4 is 4.74 Å². The van der Waals surface area contributed by atoms with Crippen LogP contribution in [0.5, 0.6) is 5.88 Å². The fourth-order valence-electron chi connectivity index (χ4n) is 2.93. The van der Waals surface area contributed by atoms with Gasteiger partial charge in [-0.2, -0.15) is 0 Å². The highest BCUT2D eigenvalue weighted by molar-refractivity contribution is 7.99. The number of carbonyl (C=O) groups excluding carboxylic acids is 1. The van der Waals surface area contributed by atoms with E-state index in [2.05, 4.69) is 18.8 Å². The molecule has 0 radical (unpaired) electrons. The lowest BCUT2D eigenvalue weighted by Crippen LogP contribution is -2.14. The van der Waals surface area contributed by atoms with Crippen LogP contribution in [0.1, 0.15) is 77.8 Å². The maximum absolute atomic E-state index is 12.1. The molecule has 0 aliphatic carbocycles. The molecule has 2 atom stereocenters. The Hall–Kier alpha value is -1.27. The summed E-state index contributed by atoms with van der Waals surface area (Å²) in [6.45, 7) is 9.05. The van der Waals surface area contributed by atoms with Gasteiger partial charge in [0.1, 0.15) is 0 Å². The maximum Gasteiger partial charge on any atom is 0.306 e. The van der Waals surface area contributed by atoms with Crippen molar-refractivity contribution in [1.82, 2.24) is 4.98 Å². The Morgan fingerprint density at radius 3 is 2.69 bits per heavy atom. The highest BCUT2D eigenvalue weighted by Gasteiger charge is 2.13. The van der Waals surface area contributed by atoms with Crippen LogP contribution in [0.3, 0.4) is 0 Å². The minimum absolute atomic E-state index is 0.0364. The Morgan fingerprint density at radius 1 is 1.21 bits per heavy atom. The van der Waals surface area contributed by atoms with Crippen molar-refractivity contribution in [3.05, 3.63) is 17.8 Å². The van der Waals surface area contributed by atoms with Gasteiger partial charge in [0, 0.05) is 18.1 Å². The Kier molecular flexibility index (Phi) is 13.8. The first-order valence-corrected chi connectivity index (χ1v) is 12.0. The number of aromatic nitrogens is 1. The molecule has 0 unspecified atom stereocenters. The predicted molar refractivity (Wildman–Crippen MR) is 120 cm³/mol. The summed E-state index contributed by atoms with van der Waals surface area (Å²) in [5, 5.41) is 8.92. The highest BCUT2D eigenvalue weighted by atomic mass is 32.2. The predicted octanol–water partition coefficient (Wildman–Crippen LogP) is 5.56. The molecule has 1 rings (SSSR count). The van der Waals surface area contributed by atoms with E-state index in [1.54, 1.807) is 11.8 Å². The zero-order chi connectivity index (χ0) is 21.5. The van der Waals surface area contributed by atoms with Crippen molar-refractivity contribution in [1.29, 1.82) is 0 Å². The zero-order valence-corrected chi connectivity index (χ0v) is 19.4. The van der Waals surface area contributed by atoms with Crippen LogP contribution in [0, 0.1) is 12.8 Å². The molecule has 166 valence electrons. The summed E-state index contributed by atoms with van der Waals surface area (Å²) in [6, 6.07) is 3.97. The number of aliphatic hydroxyl groups excluding tert-OH is 1. The number of ether oxygens (including phenoxy) is 2. The Morgan fingerprint density at radius 2 is 2.00 bits per heavy atom. The van der Waals surface area contributed by atoms with Crippen molar-refractivity contribution in [2.24, 2.45) is 5.92 Å². The topological polar surface area (TPSA) is 68.7 Å². The SMILES string of the molecule is CCCC[C@@H](CC)COC(=O)CCSc1ccc(C)nc1O[C@H](C)CCCCO. The Labute approximate surface area is 181 Å². The van der Waals surface area contributed by atoms with E-state index < -0.39 is 0 Å². The van der Waals surface area contributed by atoms with Gasteiger partial charge in [-0.05, 0) is 57.6 Å². The summed E-state index contributed by atoms with van der Waals surface area (Å²) >= 11 is 1.58. The second-order valence-corrected chi connectivity index (χ2v) is 8.74. The van der Waals surface area contributed by atoms with E-state index in [0.29, 0.717) is 30.6 Å². The average molecular weight is 426 g/mol. The summed E-state index contributed by atoms with van der Waals surface area (Å²) in [4.78, 5) is 17.6. The largest absolute Gasteiger partial charge is 0.474 e. The third kappa shape index (κ3) is 11.5. The molecule has 0 aromatic carbocycles. The van der Waals surface area contributed by atoms with Crippen molar-refractivity contribution in [2.45, 2.75) is 90.1 Å². The van der Waals surface area contributed by atoms with E-state index in [0.717, 1.165) is 42.7 Å². The van der Waals surface area contributed by atoms with Gasteiger partial charge in [-0.15, -0.1) is 11.8 Å². The molecule has 0 aliphatic rings. The van der Waals surface area contributed by atoms with Crippen molar-refractivity contribution in [2.75, 3.05) is 19.0 Å². The first-order chi connectivity index (χ1) is 14.0. The fourth-order valence-corrected chi connectivity index (χ4v) is 3.80. The van der Waals surface area contributed by atoms with Gasteiger partial charge in [0.05, 0.1) is 24.0 Å². The van der Waals surface area contributed by atoms with E-state index in [1.165, 1.54) is 12.8 Å². The molecule has 29 heavy (non-hydrogen) atoms. The lowest BCUT2D eigenvalue weighted by molar-refractivity contribution is -0.144. The number of esters is 1. The normalized spacial score (nSPS) is 13.1. The molecule has 0 saturated carbocycles. The molecule has 1 aromatic rings. The van der Waals surface area contributed by atoms with Gasteiger partial charge in [-0.3, -0.25) is 4.79 Å². The van der Waals surface area contributed by atoms with Gasteiger partial charge in [0.25, 0.3) is 0 Å². The second kappa shape index (κ2) is 15.6. The average Bonchev–Trinajstić information content (AvgIpc) is 2.70. The number of hydrogen-bond acceptors (Lipinski definition) is 6. The van der Waals surface area contributed by atoms with Gasteiger partial charge in [-0.25, -0.2) is 4.98 Å². The molecular weight excluding hydrogens is 386 g/mol. The number of pyridine rings is 1. The lowest BCUT2D eigenvalue weighted by atomic mass is 10.0. The van der Waals surface area contributed by atoms with E-state index in [9.17, 15) is 4.79 Å². The number of nitrogens with zero attached hydrogens (tertiary/aromatic N) is 1. The third-order valence-electron chi connectivity index (χ3n) is 4.88. The minimum Gasteiger partial charge on any atom is -0.474 e. The number of aryl methyl sites for hydroxylation is 1. The van der Waals surface area contributed by atoms with Crippen molar-refractivity contribution < 1.29 is 19.4 Å². The molecule has 1 aromatic heterocycles. The molecule has 0 bridgehead atoms.